The number of anilines is 1. The summed E-state index contributed by atoms with van der Waals surface area (Å²) in [6.07, 6.45) is 1.83. The molecule has 2 aliphatic heterocycles. The van der Waals surface area contributed by atoms with Gasteiger partial charge in [0, 0.05) is 69.9 Å². The normalized spacial score (nSPS) is 17.8. The number of rotatable bonds is 6. The molecular weight excluding hydrogens is 402 g/mol. The van der Waals surface area contributed by atoms with Crippen molar-refractivity contribution in [3.05, 3.63) is 59.7 Å². The summed E-state index contributed by atoms with van der Waals surface area (Å²) in [5.41, 5.74) is 6.81. The average Bonchev–Trinajstić information content (AvgIpc) is 2.84. The number of nitrogens with one attached hydrogen (secondary N) is 1. The first-order chi connectivity index (χ1) is 15.6. The summed E-state index contributed by atoms with van der Waals surface area (Å²) in [4.78, 5) is 19.5. The van der Waals surface area contributed by atoms with Crippen molar-refractivity contribution in [1.82, 2.24) is 15.2 Å². The van der Waals surface area contributed by atoms with Crippen molar-refractivity contribution in [3.8, 4) is 5.75 Å². The van der Waals surface area contributed by atoms with Gasteiger partial charge in [-0.3, -0.25) is 9.69 Å². The lowest BCUT2D eigenvalue weighted by molar-refractivity contribution is 0.0954. The summed E-state index contributed by atoms with van der Waals surface area (Å²) in [7, 11) is 3.83. The number of benzene rings is 2. The number of para-hydroxylation sites is 2. The van der Waals surface area contributed by atoms with E-state index >= 15 is 0 Å². The lowest BCUT2D eigenvalue weighted by atomic mass is 10.1. The van der Waals surface area contributed by atoms with E-state index in [1.54, 1.807) is 7.11 Å². The minimum atomic E-state index is -0.145. The highest BCUT2D eigenvalue weighted by molar-refractivity contribution is 5.95. The molecule has 7 nitrogen and oxygen atoms in total. The Labute approximate surface area is 190 Å². The van der Waals surface area contributed by atoms with Crippen LogP contribution >= 0.6 is 0 Å². The van der Waals surface area contributed by atoms with E-state index < -0.39 is 0 Å². The molecule has 2 fully saturated rings. The molecule has 0 bridgehead atoms. The van der Waals surface area contributed by atoms with Gasteiger partial charge in [-0.1, -0.05) is 24.3 Å². The predicted octanol–water partition coefficient (Wildman–Crippen LogP) is 2.83. The van der Waals surface area contributed by atoms with Gasteiger partial charge in [-0.15, -0.1) is 0 Å². The third-order valence-electron chi connectivity index (χ3n) is 6.30. The Balaban J connectivity index is 1.26. The Morgan fingerprint density at radius 2 is 1.66 bits per heavy atom. The first kappa shape index (κ1) is 22.3. The maximum absolute atomic E-state index is 12.4. The Kier molecular flexibility index (Phi) is 7.39. The highest BCUT2D eigenvalue weighted by atomic mass is 16.5. The first-order valence-corrected chi connectivity index (χ1v) is 11.4. The molecule has 2 aromatic carbocycles. The van der Waals surface area contributed by atoms with Crippen molar-refractivity contribution in [2.45, 2.75) is 19.4 Å². The monoisotopic (exact) mass is 435 g/mol. The molecule has 2 heterocycles. The second-order valence-corrected chi connectivity index (χ2v) is 8.55. The van der Waals surface area contributed by atoms with Crippen LogP contribution < -0.4 is 15.1 Å². The predicted molar refractivity (Wildman–Crippen MR) is 129 cm³/mol. The Morgan fingerprint density at radius 3 is 2.34 bits per heavy atom. The van der Waals surface area contributed by atoms with Gasteiger partial charge < -0.3 is 14.5 Å². The molecule has 2 aromatic rings. The molecule has 0 spiro atoms. The lowest BCUT2D eigenvalue weighted by Crippen LogP contribution is -2.46. The standard InChI is InChI=1S/C25H33N5O2/c1-28-13-11-22(12-14-28)26-27-25(31)21-9-7-20(8-10-21)19-29-15-17-30(18-16-29)23-5-3-4-6-24(23)32-2/h3-10H,11-19H2,1-2H3,(H,27,31). The fraction of sp³-hybridized carbons (Fsp3) is 0.440. The number of methoxy groups -OCH3 is 1. The number of hydrogen-bond acceptors (Lipinski definition) is 6. The molecule has 0 unspecified atom stereocenters. The molecule has 0 aromatic heterocycles. The van der Waals surface area contributed by atoms with E-state index in [-0.39, 0.29) is 5.91 Å². The first-order valence-electron chi connectivity index (χ1n) is 11.4. The fourth-order valence-electron chi connectivity index (χ4n) is 4.24. The number of amides is 1. The molecule has 0 atom stereocenters. The van der Waals surface area contributed by atoms with E-state index in [4.69, 9.17) is 4.74 Å². The van der Waals surface area contributed by atoms with Crippen LogP contribution in [-0.2, 0) is 6.54 Å². The summed E-state index contributed by atoms with van der Waals surface area (Å²) in [6, 6.07) is 16.1. The van der Waals surface area contributed by atoms with Crippen LogP contribution in [0.3, 0.4) is 0 Å². The Hall–Kier alpha value is -2.90. The van der Waals surface area contributed by atoms with E-state index in [0.717, 1.165) is 75.8 Å². The minimum Gasteiger partial charge on any atom is -0.495 e. The average molecular weight is 436 g/mol. The van der Waals surface area contributed by atoms with Crippen molar-refractivity contribution in [2.75, 3.05) is 58.3 Å². The van der Waals surface area contributed by atoms with Gasteiger partial charge in [0.1, 0.15) is 5.75 Å². The molecule has 170 valence electrons. The Bertz CT molecular complexity index is 926. The molecule has 4 rings (SSSR count). The van der Waals surface area contributed by atoms with E-state index in [1.807, 2.05) is 36.4 Å². The van der Waals surface area contributed by atoms with E-state index in [1.165, 1.54) is 5.56 Å². The summed E-state index contributed by atoms with van der Waals surface area (Å²) in [5.74, 6) is 0.782. The molecule has 7 heteroatoms. The van der Waals surface area contributed by atoms with Crippen molar-refractivity contribution in [1.29, 1.82) is 0 Å². The number of piperidine rings is 1. The lowest BCUT2D eigenvalue weighted by Gasteiger charge is -2.36. The van der Waals surface area contributed by atoms with Crippen molar-refractivity contribution in [2.24, 2.45) is 5.10 Å². The number of likely N-dealkylation sites (tertiary alicyclic amines) is 1. The van der Waals surface area contributed by atoms with Gasteiger partial charge in [-0.2, -0.15) is 5.10 Å². The molecule has 0 radical (unpaired) electrons. The number of carbonyl (C=O) groups excluding carboxylic acids is 1. The van der Waals surface area contributed by atoms with Crippen molar-refractivity contribution < 1.29 is 9.53 Å². The number of ether oxygens (including phenoxy) is 1. The van der Waals surface area contributed by atoms with Gasteiger partial charge >= 0.3 is 0 Å². The summed E-state index contributed by atoms with van der Waals surface area (Å²) in [6.45, 7) is 6.80. The van der Waals surface area contributed by atoms with Gasteiger partial charge in [0.25, 0.3) is 5.91 Å². The highest BCUT2D eigenvalue weighted by Gasteiger charge is 2.19. The van der Waals surface area contributed by atoms with E-state index in [0.29, 0.717) is 5.56 Å². The molecule has 1 N–H and O–H groups in total. The Morgan fingerprint density at radius 1 is 0.969 bits per heavy atom. The fourth-order valence-corrected chi connectivity index (χ4v) is 4.24. The molecule has 32 heavy (non-hydrogen) atoms. The zero-order valence-corrected chi connectivity index (χ0v) is 19.1. The van der Waals surface area contributed by atoms with E-state index in [9.17, 15) is 4.79 Å². The number of hydrogen-bond donors (Lipinski definition) is 1. The minimum absolute atomic E-state index is 0.145. The number of hydrazone groups is 1. The smallest absolute Gasteiger partial charge is 0.271 e. The van der Waals surface area contributed by atoms with Gasteiger partial charge in [0.05, 0.1) is 12.8 Å². The van der Waals surface area contributed by atoms with Gasteiger partial charge in [-0.05, 0) is 36.9 Å². The van der Waals surface area contributed by atoms with Gasteiger partial charge in [0.2, 0.25) is 0 Å². The SMILES string of the molecule is COc1ccccc1N1CCN(Cc2ccc(C(=O)NN=C3CCN(C)CC3)cc2)CC1. The van der Waals surface area contributed by atoms with E-state index in [2.05, 4.69) is 44.4 Å². The number of nitrogens with zero attached hydrogens (tertiary/aromatic N) is 4. The maximum atomic E-state index is 12.4. The summed E-state index contributed by atoms with van der Waals surface area (Å²) in [5, 5.41) is 4.32. The van der Waals surface area contributed by atoms with Crippen LogP contribution in [0.4, 0.5) is 5.69 Å². The molecular formula is C25H33N5O2. The van der Waals surface area contributed by atoms with Crippen LogP contribution in [0.15, 0.2) is 53.6 Å². The second-order valence-electron chi connectivity index (χ2n) is 8.55. The van der Waals surface area contributed by atoms with Crippen molar-refractivity contribution in [3.63, 3.8) is 0 Å². The number of carbonyl (C=O) groups is 1. The van der Waals surface area contributed by atoms with Crippen molar-refractivity contribution >= 4 is 17.3 Å². The second kappa shape index (κ2) is 10.6. The largest absolute Gasteiger partial charge is 0.495 e. The summed E-state index contributed by atoms with van der Waals surface area (Å²) < 4.78 is 5.51. The zero-order chi connectivity index (χ0) is 22.3. The maximum Gasteiger partial charge on any atom is 0.271 e. The molecule has 2 saturated heterocycles. The van der Waals surface area contributed by atoms with Crippen LogP contribution in [0, 0.1) is 0 Å². The summed E-state index contributed by atoms with van der Waals surface area (Å²) >= 11 is 0. The third-order valence-corrected chi connectivity index (χ3v) is 6.30. The van der Waals surface area contributed by atoms with Crippen LogP contribution in [0.1, 0.15) is 28.8 Å². The van der Waals surface area contributed by atoms with Crippen LogP contribution in [-0.4, -0.2) is 74.8 Å². The third kappa shape index (κ3) is 5.66. The molecule has 1 amide bonds. The highest BCUT2D eigenvalue weighted by Crippen LogP contribution is 2.28. The molecule has 0 saturated carbocycles. The van der Waals surface area contributed by atoms with Gasteiger partial charge in [0.15, 0.2) is 0 Å². The topological polar surface area (TPSA) is 60.4 Å². The molecule has 0 aliphatic carbocycles. The number of piperazine rings is 1. The van der Waals surface area contributed by atoms with Crippen LogP contribution in [0.5, 0.6) is 5.75 Å². The molecule has 2 aliphatic rings. The van der Waals surface area contributed by atoms with Gasteiger partial charge in [-0.25, -0.2) is 5.43 Å². The van der Waals surface area contributed by atoms with Crippen LogP contribution in [0.2, 0.25) is 0 Å². The zero-order valence-electron chi connectivity index (χ0n) is 19.1. The van der Waals surface area contributed by atoms with Crippen LogP contribution in [0.25, 0.3) is 0 Å². The quantitative estimate of drug-likeness (QED) is 0.707.